The van der Waals surface area contributed by atoms with E-state index in [1.807, 2.05) is 0 Å². The molecule has 0 aromatic heterocycles. The molecule has 4 fully saturated rings. The Hall–Kier alpha value is -4.00. The van der Waals surface area contributed by atoms with Crippen molar-refractivity contribution in [2.24, 2.45) is 5.92 Å². The minimum atomic E-state index is -1.22. The monoisotopic (exact) mass is 512 g/mol. The Labute approximate surface area is 209 Å². The minimum Gasteiger partial charge on any atom is -0.390 e. The summed E-state index contributed by atoms with van der Waals surface area (Å²) in [6.45, 7) is 2.64. The Morgan fingerprint density at radius 1 is 0.649 bits per heavy atom. The highest BCUT2D eigenvalue weighted by Gasteiger charge is 2.64. The van der Waals surface area contributed by atoms with E-state index in [-0.39, 0.29) is 52.6 Å². The number of rotatable bonds is 6. The fraction of sp³-hybridized carbons (Fsp3) is 0.500. The second kappa shape index (κ2) is 7.75. The zero-order chi connectivity index (χ0) is 27.1. The van der Waals surface area contributed by atoms with Crippen LogP contribution in [0.2, 0.25) is 0 Å². The second-order valence-electron chi connectivity index (χ2n) is 11.1. The van der Waals surface area contributed by atoms with Crippen LogP contribution in [-0.4, -0.2) is 30.4 Å². The number of benzene rings is 2. The standard InChI is InChI=1S/C24H24N4O9/c1-13-18(25(30)31)3-16(4-19(13)26(32)33)22-7-15-8-23(10-22,12-24(29,9-15)11-22)17-5-20(27(34)35)14(2)21(6-17)28(36)37/h3-6,15,29H,7-12H2,1-2H3. The van der Waals surface area contributed by atoms with E-state index in [1.54, 1.807) is 0 Å². The van der Waals surface area contributed by atoms with Gasteiger partial charge >= 0.3 is 0 Å². The molecule has 4 saturated carbocycles. The molecule has 2 aromatic carbocycles. The zero-order valence-electron chi connectivity index (χ0n) is 20.1. The molecular formula is C24H24N4O9. The molecule has 2 unspecified atom stereocenters. The van der Waals surface area contributed by atoms with Gasteiger partial charge < -0.3 is 5.11 Å². The van der Waals surface area contributed by atoms with E-state index in [1.165, 1.54) is 38.1 Å². The van der Waals surface area contributed by atoms with E-state index in [4.69, 9.17) is 0 Å². The second-order valence-corrected chi connectivity index (χ2v) is 11.1. The first kappa shape index (κ1) is 24.7. The Morgan fingerprint density at radius 2 is 0.973 bits per heavy atom. The number of nitro groups is 4. The molecule has 1 N–H and O–H groups in total. The van der Waals surface area contributed by atoms with E-state index < -0.39 is 36.1 Å². The smallest absolute Gasteiger partial charge is 0.279 e. The van der Waals surface area contributed by atoms with Crippen molar-refractivity contribution in [3.63, 3.8) is 0 Å². The van der Waals surface area contributed by atoms with Crippen molar-refractivity contribution in [3.05, 3.63) is 87.0 Å². The van der Waals surface area contributed by atoms with Crippen LogP contribution in [0.4, 0.5) is 22.7 Å². The van der Waals surface area contributed by atoms with Crippen LogP contribution in [0.1, 0.15) is 60.8 Å². The summed E-state index contributed by atoms with van der Waals surface area (Å²) in [4.78, 5) is 44.4. The molecule has 0 saturated heterocycles. The molecule has 13 heteroatoms. The van der Waals surface area contributed by atoms with Crippen LogP contribution < -0.4 is 0 Å². The molecule has 0 radical (unpaired) electrons. The largest absolute Gasteiger partial charge is 0.390 e. The van der Waals surface area contributed by atoms with Crippen molar-refractivity contribution >= 4 is 22.7 Å². The molecular weight excluding hydrogens is 488 g/mol. The minimum absolute atomic E-state index is 0.0679. The lowest BCUT2D eigenvalue weighted by molar-refractivity contribution is -0.395. The Kier molecular flexibility index (Phi) is 5.17. The van der Waals surface area contributed by atoms with Gasteiger partial charge in [-0.05, 0) is 80.2 Å². The summed E-state index contributed by atoms with van der Waals surface area (Å²) in [7, 11) is 0. The lowest BCUT2D eigenvalue weighted by Gasteiger charge is -2.65. The van der Waals surface area contributed by atoms with E-state index in [0.717, 1.165) is 0 Å². The van der Waals surface area contributed by atoms with Gasteiger partial charge in [-0.15, -0.1) is 0 Å². The highest BCUT2D eigenvalue weighted by molar-refractivity contribution is 5.60. The van der Waals surface area contributed by atoms with Crippen LogP contribution in [0, 0.1) is 60.2 Å². The maximum Gasteiger partial charge on any atom is 0.279 e. The predicted octanol–water partition coefficient (Wildman–Crippen LogP) is 4.84. The third-order valence-corrected chi connectivity index (χ3v) is 8.76. The van der Waals surface area contributed by atoms with Crippen molar-refractivity contribution in [1.82, 2.24) is 0 Å². The first-order valence-corrected chi connectivity index (χ1v) is 11.8. The Morgan fingerprint density at radius 3 is 1.24 bits per heavy atom. The van der Waals surface area contributed by atoms with Crippen molar-refractivity contribution in [3.8, 4) is 0 Å². The summed E-state index contributed by atoms with van der Waals surface area (Å²) >= 11 is 0. The number of nitrogens with zero attached hydrogens (tertiary/aromatic N) is 4. The molecule has 0 heterocycles. The van der Waals surface area contributed by atoms with Gasteiger partial charge in [0.05, 0.1) is 25.3 Å². The SMILES string of the molecule is Cc1c([N+](=O)[O-])cc(C23CC4CC(O)(C2)CC(c2cc([N+](=O)[O-])c(C)c([N+](=O)[O-])c2)(C4)C3)cc1[N+](=O)[O-]. The van der Waals surface area contributed by atoms with Gasteiger partial charge in [-0.3, -0.25) is 40.5 Å². The molecule has 4 aliphatic rings. The molecule has 2 aromatic rings. The molecule has 37 heavy (non-hydrogen) atoms. The number of hydrogen-bond acceptors (Lipinski definition) is 9. The highest BCUT2D eigenvalue weighted by Crippen LogP contribution is 2.68. The number of aliphatic hydroxyl groups is 1. The lowest BCUT2D eigenvalue weighted by Crippen LogP contribution is -2.63. The first-order valence-electron chi connectivity index (χ1n) is 11.8. The molecule has 0 aliphatic heterocycles. The van der Waals surface area contributed by atoms with Crippen LogP contribution in [-0.2, 0) is 10.8 Å². The van der Waals surface area contributed by atoms with Gasteiger partial charge in [0, 0.05) is 24.3 Å². The number of hydrogen-bond donors (Lipinski definition) is 1. The zero-order valence-corrected chi connectivity index (χ0v) is 20.1. The summed E-state index contributed by atoms with van der Waals surface area (Å²) in [5.74, 6) is -0.0694. The number of nitro benzene ring substituents is 4. The first-order chi connectivity index (χ1) is 17.2. The topological polar surface area (TPSA) is 193 Å². The van der Waals surface area contributed by atoms with Crippen LogP contribution in [0.5, 0.6) is 0 Å². The van der Waals surface area contributed by atoms with Gasteiger partial charge in [-0.1, -0.05) is 0 Å². The van der Waals surface area contributed by atoms with Gasteiger partial charge in [0.1, 0.15) is 11.1 Å². The average molecular weight is 512 g/mol. The third-order valence-electron chi connectivity index (χ3n) is 8.76. The maximum absolute atomic E-state index is 11.8. The molecule has 2 atom stereocenters. The maximum atomic E-state index is 11.8. The summed E-state index contributed by atoms with van der Waals surface area (Å²) in [5, 5.41) is 58.7. The van der Waals surface area contributed by atoms with E-state index >= 15 is 0 Å². The molecule has 13 nitrogen and oxygen atoms in total. The van der Waals surface area contributed by atoms with Crippen LogP contribution in [0.15, 0.2) is 24.3 Å². The fourth-order valence-electron chi connectivity index (χ4n) is 7.77. The normalized spacial score (nSPS) is 29.8. The molecule has 6 rings (SSSR count). The van der Waals surface area contributed by atoms with Crippen molar-refractivity contribution in [2.75, 3.05) is 0 Å². The molecule has 0 amide bonds. The third kappa shape index (κ3) is 3.64. The average Bonchev–Trinajstić information content (AvgIpc) is 2.76. The van der Waals surface area contributed by atoms with Crippen molar-refractivity contribution < 1.29 is 24.8 Å². The summed E-state index contributed by atoms with van der Waals surface area (Å²) in [5.41, 5.74) is -3.89. The molecule has 0 spiro atoms. The molecule has 4 aliphatic carbocycles. The highest BCUT2D eigenvalue weighted by atomic mass is 16.6. The molecule has 194 valence electrons. The van der Waals surface area contributed by atoms with Gasteiger partial charge in [0.15, 0.2) is 0 Å². The van der Waals surface area contributed by atoms with Crippen LogP contribution in [0.3, 0.4) is 0 Å². The van der Waals surface area contributed by atoms with E-state index in [0.29, 0.717) is 36.8 Å². The van der Waals surface area contributed by atoms with E-state index in [9.17, 15) is 45.6 Å². The van der Waals surface area contributed by atoms with Gasteiger partial charge in [-0.25, -0.2) is 0 Å². The van der Waals surface area contributed by atoms with Gasteiger partial charge in [0.2, 0.25) is 0 Å². The Bertz CT molecular complexity index is 1250. The van der Waals surface area contributed by atoms with Gasteiger partial charge in [-0.2, -0.15) is 0 Å². The predicted molar refractivity (Wildman–Crippen MR) is 128 cm³/mol. The van der Waals surface area contributed by atoms with Crippen molar-refractivity contribution in [1.29, 1.82) is 0 Å². The lowest BCUT2D eigenvalue weighted by atomic mass is 9.40. The van der Waals surface area contributed by atoms with Crippen LogP contribution in [0.25, 0.3) is 0 Å². The van der Waals surface area contributed by atoms with Gasteiger partial charge in [0.25, 0.3) is 22.7 Å². The summed E-state index contributed by atoms with van der Waals surface area (Å²) in [6.07, 6.45) is 2.28. The van der Waals surface area contributed by atoms with E-state index in [2.05, 4.69) is 0 Å². The summed E-state index contributed by atoms with van der Waals surface area (Å²) in [6, 6.07) is 5.36. The summed E-state index contributed by atoms with van der Waals surface area (Å²) < 4.78 is 0. The quantitative estimate of drug-likeness (QED) is 0.416. The van der Waals surface area contributed by atoms with Crippen molar-refractivity contribution in [2.45, 2.75) is 68.8 Å². The Balaban J connectivity index is 1.73. The van der Waals surface area contributed by atoms with Crippen LogP contribution >= 0.6 is 0 Å². The molecule has 4 bridgehead atoms. The fourth-order valence-corrected chi connectivity index (χ4v) is 7.77.